The van der Waals surface area contributed by atoms with E-state index in [2.05, 4.69) is 5.32 Å². The first-order chi connectivity index (χ1) is 10.9. The molecule has 4 nitrogen and oxygen atoms in total. The molecule has 2 rings (SSSR count). The number of carbonyl (C=O) groups excluding carboxylic acids is 1. The van der Waals surface area contributed by atoms with E-state index in [9.17, 15) is 9.90 Å². The molecule has 1 amide bonds. The molecule has 0 aliphatic rings. The summed E-state index contributed by atoms with van der Waals surface area (Å²) in [4.78, 5) is 11.8. The first kappa shape index (κ1) is 17.0. The number of aliphatic hydroxyl groups excluding tert-OH is 1. The number of hydrogen-bond acceptors (Lipinski definition) is 3. The number of aliphatic hydroxyl groups is 1. The van der Waals surface area contributed by atoms with Gasteiger partial charge in [0.25, 0.3) is 0 Å². The quantitative estimate of drug-likeness (QED) is 0.903. The summed E-state index contributed by atoms with van der Waals surface area (Å²) in [5, 5.41) is 13.3. The summed E-state index contributed by atoms with van der Waals surface area (Å²) < 4.78 is 5.23. The van der Waals surface area contributed by atoms with E-state index >= 15 is 0 Å². The number of carbonyl (C=O) groups is 1. The van der Waals surface area contributed by atoms with Gasteiger partial charge in [0.1, 0.15) is 11.7 Å². The molecule has 0 saturated carbocycles. The zero-order valence-corrected chi connectivity index (χ0v) is 13.7. The Morgan fingerprint density at radius 3 is 2.35 bits per heavy atom. The van der Waals surface area contributed by atoms with E-state index in [-0.39, 0.29) is 0 Å². The van der Waals surface area contributed by atoms with Crippen molar-refractivity contribution in [1.82, 2.24) is 5.32 Å². The lowest BCUT2D eigenvalue weighted by Gasteiger charge is -2.20. The van der Waals surface area contributed by atoms with Crippen molar-refractivity contribution in [3.8, 4) is 0 Å². The molecule has 2 N–H and O–H groups in total. The molecule has 1 atom stereocenters. The first-order valence-corrected chi connectivity index (χ1v) is 7.64. The normalized spacial score (nSPS) is 12.5. The molecule has 0 spiro atoms. The van der Waals surface area contributed by atoms with Gasteiger partial charge in [-0.25, -0.2) is 4.79 Å². The highest BCUT2D eigenvalue weighted by atomic mass is 16.6. The highest BCUT2D eigenvalue weighted by molar-refractivity contribution is 5.67. The van der Waals surface area contributed by atoms with Crippen molar-refractivity contribution in [3.63, 3.8) is 0 Å². The monoisotopic (exact) mass is 313 g/mol. The highest BCUT2D eigenvalue weighted by Crippen LogP contribution is 2.24. The van der Waals surface area contributed by atoms with Gasteiger partial charge in [-0.1, -0.05) is 54.6 Å². The summed E-state index contributed by atoms with van der Waals surface area (Å²) in [6.45, 7) is 5.76. The highest BCUT2D eigenvalue weighted by Gasteiger charge is 2.17. The Balaban J connectivity index is 2.10. The van der Waals surface area contributed by atoms with Crippen LogP contribution >= 0.6 is 0 Å². The Bertz CT molecular complexity index is 647. The van der Waals surface area contributed by atoms with Gasteiger partial charge in [-0.15, -0.1) is 0 Å². The number of ether oxygens (including phenoxy) is 1. The average molecular weight is 313 g/mol. The van der Waals surface area contributed by atoms with Crippen LogP contribution in [-0.4, -0.2) is 16.8 Å². The number of rotatable bonds is 4. The molecule has 2 aromatic carbocycles. The van der Waals surface area contributed by atoms with Crippen molar-refractivity contribution in [2.45, 2.75) is 39.0 Å². The van der Waals surface area contributed by atoms with Gasteiger partial charge in [0.2, 0.25) is 0 Å². The molecule has 122 valence electrons. The average Bonchev–Trinajstić information content (AvgIpc) is 2.52. The second kappa shape index (κ2) is 7.29. The molecule has 0 heterocycles. The molecule has 4 heteroatoms. The van der Waals surface area contributed by atoms with Crippen molar-refractivity contribution in [1.29, 1.82) is 0 Å². The van der Waals surface area contributed by atoms with E-state index < -0.39 is 17.8 Å². The Labute approximate surface area is 137 Å². The van der Waals surface area contributed by atoms with Crippen molar-refractivity contribution in [2.75, 3.05) is 0 Å². The molecule has 0 bridgehead atoms. The first-order valence-electron chi connectivity index (χ1n) is 7.64. The van der Waals surface area contributed by atoms with E-state index in [0.717, 1.165) is 16.7 Å². The van der Waals surface area contributed by atoms with Crippen molar-refractivity contribution in [3.05, 3.63) is 71.3 Å². The minimum absolute atomic E-state index is 0.301. The molecule has 1 unspecified atom stereocenters. The third-order valence-corrected chi connectivity index (χ3v) is 3.29. The standard InChI is InChI=1S/C19H23NO3/c1-19(2,3)23-18(22)20-13-15-11-7-8-12-16(15)17(21)14-9-5-4-6-10-14/h4-12,17,21H,13H2,1-3H3,(H,20,22). The maximum absolute atomic E-state index is 11.8. The molecular weight excluding hydrogens is 290 g/mol. The number of benzene rings is 2. The fourth-order valence-corrected chi connectivity index (χ4v) is 2.26. The van der Waals surface area contributed by atoms with Crippen LogP contribution in [0.15, 0.2) is 54.6 Å². The Kier molecular flexibility index (Phi) is 5.40. The number of amides is 1. The van der Waals surface area contributed by atoms with Crippen LogP contribution in [0.1, 0.15) is 43.6 Å². The second-order valence-electron chi connectivity index (χ2n) is 6.37. The third-order valence-electron chi connectivity index (χ3n) is 3.29. The lowest BCUT2D eigenvalue weighted by atomic mass is 9.97. The lowest BCUT2D eigenvalue weighted by molar-refractivity contribution is 0.0523. The molecule has 23 heavy (non-hydrogen) atoms. The van der Waals surface area contributed by atoms with Gasteiger partial charge < -0.3 is 15.2 Å². The smallest absolute Gasteiger partial charge is 0.407 e. The lowest BCUT2D eigenvalue weighted by Crippen LogP contribution is -2.32. The summed E-state index contributed by atoms with van der Waals surface area (Å²) in [6.07, 6.45) is -1.20. The number of alkyl carbamates (subject to hydrolysis) is 1. The maximum Gasteiger partial charge on any atom is 0.407 e. The third kappa shape index (κ3) is 5.11. The van der Waals surface area contributed by atoms with E-state index in [0.29, 0.717) is 6.54 Å². The van der Waals surface area contributed by atoms with Crippen LogP contribution in [0, 0.1) is 0 Å². The fraction of sp³-hybridized carbons (Fsp3) is 0.316. The van der Waals surface area contributed by atoms with Crippen LogP contribution < -0.4 is 5.32 Å². The SMILES string of the molecule is CC(C)(C)OC(=O)NCc1ccccc1C(O)c1ccccc1. The largest absolute Gasteiger partial charge is 0.444 e. The molecular formula is C19H23NO3. The summed E-state index contributed by atoms with van der Waals surface area (Å²) in [7, 11) is 0. The predicted molar refractivity (Wildman–Crippen MR) is 90.0 cm³/mol. The van der Waals surface area contributed by atoms with E-state index in [4.69, 9.17) is 4.74 Å². The Morgan fingerprint density at radius 1 is 1.09 bits per heavy atom. The zero-order valence-electron chi connectivity index (χ0n) is 13.7. The van der Waals surface area contributed by atoms with Gasteiger partial charge in [0, 0.05) is 6.54 Å². The zero-order chi connectivity index (χ0) is 16.9. The van der Waals surface area contributed by atoms with Crippen molar-refractivity contribution in [2.24, 2.45) is 0 Å². The van der Waals surface area contributed by atoms with E-state index in [1.54, 1.807) is 0 Å². The van der Waals surface area contributed by atoms with Crippen LogP contribution in [0.5, 0.6) is 0 Å². The second-order valence-corrected chi connectivity index (χ2v) is 6.37. The Hall–Kier alpha value is -2.33. The maximum atomic E-state index is 11.8. The summed E-state index contributed by atoms with van der Waals surface area (Å²) in [5.41, 5.74) is 1.91. The number of nitrogens with one attached hydrogen (secondary N) is 1. The molecule has 0 radical (unpaired) electrons. The minimum atomic E-state index is -0.729. The summed E-state index contributed by atoms with van der Waals surface area (Å²) >= 11 is 0. The van der Waals surface area contributed by atoms with Gasteiger partial charge in [-0.3, -0.25) is 0 Å². The van der Waals surface area contributed by atoms with Crippen LogP contribution in [0.3, 0.4) is 0 Å². The van der Waals surface area contributed by atoms with E-state index in [1.807, 2.05) is 75.4 Å². The molecule has 0 aromatic heterocycles. The molecule has 0 aliphatic heterocycles. The minimum Gasteiger partial charge on any atom is -0.444 e. The van der Waals surface area contributed by atoms with Crippen LogP contribution in [0.25, 0.3) is 0 Å². The van der Waals surface area contributed by atoms with Crippen LogP contribution in [0.2, 0.25) is 0 Å². The fourth-order valence-electron chi connectivity index (χ4n) is 2.26. The van der Waals surface area contributed by atoms with Gasteiger partial charge in [-0.05, 0) is 37.5 Å². The molecule has 0 saturated heterocycles. The van der Waals surface area contributed by atoms with Crippen LogP contribution in [-0.2, 0) is 11.3 Å². The topological polar surface area (TPSA) is 58.6 Å². The van der Waals surface area contributed by atoms with Crippen molar-refractivity contribution < 1.29 is 14.6 Å². The van der Waals surface area contributed by atoms with Gasteiger partial charge in [0.05, 0.1) is 0 Å². The van der Waals surface area contributed by atoms with Gasteiger partial charge >= 0.3 is 6.09 Å². The van der Waals surface area contributed by atoms with Crippen molar-refractivity contribution >= 4 is 6.09 Å². The van der Waals surface area contributed by atoms with Crippen LogP contribution in [0.4, 0.5) is 4.79 Å². The Morgan fingerprint density at radius 2 is 1.70 bits per heavy atom. The van der Waals surface area contributed by atoms with E-state index in [1.165, 1.54) is 0 Å². The molecule has 0 fully saturated rings. The predicted octanol–water partition coefficient (Wildman–Crippen LogP) is 3.79. The molecule has 0 aliphatic carbocycles. The van der Waals surface area contributed by atoms with Gasteiger partial charge in [0.15, 0.2) is 0 Å². The summed E-state index contributed by atoms with van der Waals surface area (Å²) in [5.74, 6) is 0. The summed E-state index contributed by atoms with van der Waals surface area (Å²) in [6, 6.07) is 17.0. The van der Waals surface area contributed by atoms with Gasteiger partial charge in [-0.2, -0.15) is 0 Å². The molecule has 2 aromatic rings. The number of hydrogen-bond donors (Lipinski definition) is 2.